The number of carbonyl (C=O) groups excluding carboxylic acids is 1. The predicted molar refractivity (Wildman–Crippen MR) is 52.7 cm³/mol. The largest absolute Gasteiger partial charge is 0.394 e. The zero-order chi connectivity index (χ0) is 12.3. The van der Waals surface area contributed by atoms with Crippen LogP contribution in [0.5, 0.6) is 0 Å². The van der Waals surface area contributed by atoms with Crippen LogP contribution < -0.4 is 0 Å². The average molecular weight is 236 g/mol. The highest BCUT2D eigenvalue weighted by atomic mass is 16.5. The number of aliphatic hydroxyl groups is 4. The van der Waals surface area contributed by atoms with Crippen molar-refractivity contribution in [3.8, 4) is 0 Å². The fourth-order valence-corrected chi connectivity index (χ4v) is 1.17. The number of hydrogen-bond donors (Lipinski definition) is 5. The minimum absolute atomic E-state index is 0.0553. The number of aliphatic hydroxyl groups excluding tert-OH is 4. The fraction of sp³-hybridized carbons (Fsp3) is 0.556. The molecular weight excluding hydrogens is 222 g/mol. The van der Waals surface area contributed by atoms with Crippen LogP contribution in [-0.2, 0) is 0 Å². The zero-order valence-corrected chi connectivity index (χ0v) is 8.66. The Hall–Kier alpha value is -1.28. The lowest BCUT2D eigenvalue weighted by molar-refractivity contribution is -0.0788. The molecule has 0 aliphatic heterocycles. The SMILES string of the molecule is CC(=O)c1n[13cH][13c]([13C@@H](O)[13C@H](O)[13C@H](O)[13CH2]O)[nH]1. The summed E-state index contributed by atoms with van der Waals surface area (Å²) in [5.74, 6) is -0.254. The third-order valence-electron chi connectivity index (χ3n) is 2.15. The van der Waals surface area contributed by atoms with Gasteiger partial charge in [0.2, 0.25) is 0 Å². The maximum atomic E-state index is 10.9. The van der Waals surface area contributed by atoms with E-state index >= 15 is 0 Å². The van der Waals surface area contributed by atoms with E-state index in [1.807, 2.05) is 0 Å². The zero-order valence-electron chi connectivity index (χ0n) is 8.66. The van der Waals surface area contributed by atoms with Gasteiger partial charge in [0, 0.05) is 6.92 Å². The van der Waals surface area contributed by atoms with Gasteiger partial charge >= 0.3 is 0 Å². The van der Waals surface area contributed by atoms with Gasteiger partial charge in [-0.05, 0) is 0 Å². The Morgan fingerprint density at radius 1 is 1.50 bits per heavy atom. The lowest BCUT2D eigenvalue weighted by Gasteiger charge is -2.20. The van der Waals surface area contributed by atoms with E-state index in [4.69, 9.17) is 10.2 Å². The molecule has 90 valence electrons. The van der Waals surface area contributed by atoms with E-state index in [0.717, 1.165) is 0 Å². The van der Waals surface area contributed by atoms with E-state index in [1.165, 1.54) is 13.1 Å². The number of ketones is 1. The monoisotopic (exact) mass is 236 g/mol. The Labute approximate surface area is 91.4 Å². The van der Waals surface area contributed by atoms with Crippen LogP contribution >= 0.6 is 0 Å². The smallest absolute Gasteiger partial charge is 0.194 e. The number of nitrogens with zero attached hydrogens (tertiary/aromatic N) is 1. The highest BCUT2D eigenvalue weighted by Crippen LogP contribution is 2.17. The second kappa shape index (κ2) is 5.17. The van der Waals surface area contributed by atoms with Crippen molar-refractivity contribution in [1.82, 2.24) is 9.97 Å². The van der Waals surface area contributed by atoms with Crippen LogP contribution in [0.25, 0.3) is 0 Å². The van der Waals surface area contributed by atoms with E-state index in [2.05, 4.69) is 9.97 Å². The summed E-state index contributed by atoms with van der Waals surface area (Å²) >= 11 is 0. The Morgan fingerprint density at radius 2 is 2.12 bits per heavy atom. The van der Waals surface area contributed by atoms with Crippen molar-refractivity contribution in [2.45, 2.75) is 25.2 Å². The number of aromatic nitrogens is 2. The summed E-state index contributed by atoms with van der Waals surface area (Å²) in [5.41, 5.74) is 0.102. The summed E-state index contributed by atoms with van der Waals surface area (Å²) in [4.78, 5) is 17.1. The first kappa shape index (κ1) is 12.8. The van der Waals surface area contributed by atoms with Gasteiger partial charge in [-0.3, -0.25) is 4.79 Å². The van der Waals surface area contributed by atoms with Gasteiger partial charge in [-0.25, -0.2) is 4.98 Å². The molecule has 1 aromatic rings. The minimum atomic E-state index is -1.55. The second-order valence-electron chi connectivity index (χ2n) is 3.43. The normalized spacial score (nSPS) is 16.8. The summed E-state index contributed by atoms with van der Waals surface area (Å²) in [6.45, 7) is 0.625. The molecule has 0 amide bonds. The third kappa shape index (κ3) is 2.64. The molecule has 0 unspecified atom stereocenters. The number of nitrogens with one attached hydrogen (secondary N) is 1. The molecule has 0 aliphatic rings. The van der Waals surface area contributed by atoms with Gasteiger partial charge in [-0.15, -0.1) is 0 Å². The lowest BCUT2D eigenvalue weighted by Crippen LogP contribution is -2.34. The van der Waals surface area contributed by atoms with Crippen LogP contribution in [0.4, 0.5) is 0 Å². The molecule has 7 heteroatoms. The number of rotatable bonds is 5. The van der Waals surface area contributed by atoms with Gasteiger partial charge in [0.1, 0.15) is 18.3 Å². The van der Waals surface area contributed by atoms with E-state index in [1.54, 1.807) is 0 Å². The van der Waals surface area contributed by atoms with Crippen LogP contribution in [0.1, 0.15) is 29.3 Å². The number of aromatic amines is 1. The maximum absolute atomic E-state index is 10.9. The highest BCUT2D eigenvalue weighted by Gasteiger charge is 2.27. The predicted octanol–water partition coefficient (Wildman–Crippen LogP) is -1.64. The van der Waals surface area contributed by atoms with Gasteiger partial charge in [0.25, 0.3) is 0 Å². The highest BCUT2D eigenvalue weighted by molar-refractivity contribution is 5.90. The number of H-pyrrole nitrogens is 1. The standard InChI is InChI=1S/C9H14N2O5/c1-4(13)9-10-2-5(11-9)7(15)8(16)6(14)3-12/h2,6-8,12,14-16H,3H2,1H3,(H,10,11)/t6-,7-,8-/m1/s1/i2+1,3+1,5+1,6+1,7+1,8+1. The summed E-state index contributed by atoms with van der Waals surface area (Å²) in [7, 11) is 0. The van der Waals surface area contributed by atoms with E-state index in [0.29, 0.717) is 0 Å². The van der Waals surface area contributed by atoms with Crippen LogP contribution in [-0.4, -0.2) is 55.0 Å². The Bertz CT molecular complexity index is 365. The lowest BCUT2D eigenvalue weighted by atomic mass is 10.4. The molecule has 0 spiro atoms. The quantitative estimate of drug-likeness (QED) is 0.308. The van der Waals surface area contributed by atoms with Gasteiger partial charge in [-0.2, -0.15) is 0 Å². The molecule has 1 aromatic heterocycles. The molecule has 3 atom stereocenters. The molecule has 0 fully saturated rings. The third-order valence-corrected chi connectivity index (χ3v) is 2.15. The van der Waals surface area contributed by atoms with Gasteiger partial charge in [0.15, 0.2) is 11.6 Å². The molecule has 0 radical (unpaired) electrons. The summed E-state index contributed by atoms with van der Waals surface area (Å²) in [6, 6.07) is 0. The van der Waals surface area contributed by atoms with Crippen LogP contribution in [0.2, 0.25) is 0 Å². The summed E-state index contributed by atoms with van der Waals surface area (Å²) in [5, 5.41) is 36.7. The number of hydrogen-bond acceptors (Lipinski definition) is 6. The second-order valence-corrected chi connectivity index (χ2v) is 3.43. The van der Waals surface area contributed by atoms with Crippen molar-refractivity contribution < 1.29 is 25.2 Å². The van der Waals surface area contributed by atoms with Crippen molar-refractivity contribution in [2.75, 3.05) is 6.61 Å². The topological polar surface area (TPSA) is 127 Å². The Morgan fingerprint density at radius 3 is 2.56 bits per heavy atom. The maximum Gasteiger partial charge on any atom is 0.194 e. The average Bonchev–Trinajstić information content (AvgIpc) is 2.75. The number of Topliss-reactive ketones (excluding diaryl/α,β-unsaturated/α-hetero) is 1. The fourth-order valence-electron chi connectivity index (χ4n) is 1.17. The molecule has 1 heterocycles. The molecule has 0 saturated carbocycles. The van der Waals surface area contributed by atoms with Crippen molar-refractivity contribution in [2.24, 2.45) is 0 Å². The molecule has 0 bridgehead atoms. The van der Waals surface area contributed by atoms with Crippen LogP contribution in [0.15, 0.2) is 6.20 Å². The first-order chi connectivity index (χ1) is 7.47. The molecule has 16 heavy (non-hydrogen) atoms. The van der Waals surface area contributed by atoms with Crippen molar-refractivity contribution in [3.05, 3.63) is 17.7 Å². The van der Waals surface area contributed by atoms with E-state index < -0.39 is 24.9 Å². The molecular formula is C9H14N2O5. The molecule has 5 N–H and O–H groups in total. The molecule has 7 nitrogen and oxygen atoms in total. The molecule has 0 aromatic carbocycles. The molecule has 0 aliphatic carbocycles. The molecule has 1 rings (SSSR count). The van der Waals surface area contributed by atoms with E-state index in [9.17, 15) is 15.0 Å². The van der Waals surface area contributed by atoms with Crippen molar-refractivity contribution in [1.29, 1.82) is 0 Å². The summed E-state index contributed by atoms with van der Waals surface area (Å²) in [6.07, 6.45) is -3.26. The van der Waals surface area contributed by atoms with Crippen LogP contribution in [0.3, 0.4) is 0 Å². The molecule has 0 saturated heterocycles. The summed E-state index contributed by atoms with van der Waals surface area (Å²) < 4.78 is 0. The number of carbonyl (C=O) groups is 1. The minimum Gasteiger partial charge on any atom is -0.394 e. The first-order valence-electron chi connectivity index (χ1n) is 4.68. The Balaban J connectivity index is 2.79. The van der Waals surface area contributed by atoms with Gasteiger partial charge in [0.05, 0.1) is 18.5 Å². The Kier molecular flexibility index (Phi) is 4.13. The van der Waals surface area contributed by atoms with Crippen molar-refractivity contribution in [3.63, 3.8) is 0 Å². The van der Waals surface area contributed by atoms with Crippen molar-refractivity contribution >= 4 is 5.78 Å². The van der Waals surface area contributed by atoms with Crippen LogP contribution in [0, 0.1) is 0 Å². The van der Waals surface area contributed by atoms with Gasteiger partial charge in [-0.1, -0.05) is 0 Å². The number of imidazole rings is 1. The van der Waals surface area contributed by atoms with E-state index in [-0.39, 0.29) is 17.3 Å². The first-order valence-corrected chi connectivity index (χ1v) is 4.68. The van der Waals surface area contributed by atoms with Gasteiger partial charge < -0.3 is 25.4 Å².